The Hall–Kier alpha value is -2.46. The Balaban J connectivity index is 2.48. The Bertz CT molecular complexity index is 779. The van der Waals surface area contributed by atoms with E-state index < -0.39 is 40.1 Å². The van der Waals surface area contributed by atoms with E-state index in [1.165, 1.54) is 0 Å². The molecule has 1 aromatic carbocycles. The lowest BCUT2D eigenvalue weighted by molar-refractivity contribution is -0.138. The monoisotopic (exact) mass is 394 g/mol. The van der Waals surface area contributed by atoms with Crippen LogP contribution in [0.25, 0.3) is 0 Å². The van der Waals surface area contributed by atoms with Crippen LogP contribution in [0.5, 0.6) is 5.75 Å². The van der Waals surface area contributed by atoms with E-state index >= 15 is 0 Å². The number of alkyl halides is 3. The molecule has 0 bridgehead atoms. The highest BCUT2D eigenvalue weighted by molar-refractivity contribution is 6.32. The van der Waals surface area contributed by atoms with Crippen molar-refractivity contribution in [3.63, 3.8) is 0 Å². The summed E-state index contributed by atoms with van der Waals surface area (Å²) < 4.78 is 43.4. The van der Waals surface area contributed by atoms with Crippen LogP contribution in [0.15, 0.2) is 23.4 Å². The van der Waals surface area contributed by atoms with Crippen molar-refractivity contribution in [2.45, 2.75) is 6.18 Å². The number of methoxy groups -OCH3 is 1. The number of anilines is 1. The van der Waals surface area contributed by atoms with Gasteiger partial charge in [-0.15, -0.1) is 0 Å². The maximum atomic E-state index is 12.9. The third-order valence-corrected chi connectivity index (χ3v) is 3.89. The molecule has 7 nitrogen and oxygen atoms in total. The van der Waals surface area contributed by atoms with Gasteiger partial charge in [0.25, 0.3) is 5.91 Å². The molecule has 1 amide bonds. The number of aliphatic hydroxyl groups excluding tert-OH is 1. The quantitative estimate of drug-likeness (QED) is 0.520. The number of benzene rings is 1. The number of nitrogens with one attached hydrogen (secondary N) is 1. The Morgan fingerprint density at radius 3 is 2.62 bits per heavy atom. The predicted octanol–water partition coefficient (Wildman–Crippen LogP) is 1.74. The van der Waals surface area contributed by atoms with Crippen molar-refractivity contribution in [2.75, 3.05) is 32.1 Å². The highest BCUT2D eigenvalue weighted by atomic mass is 35.5. The molecule has 0 saturated carbocycles. The summed E-state index contributed by atoms with van der Waals surface area (Å²) in [6, 6.07) is 1.09. The summed E-state index contributed by atoms with van der Waals surface area (Å²) in [7, 11) is 1.07. The van der Waals surface area contributed by atoms with Crippen LogP contribution in [0.2, 0.25) is 5.02 Å². The molecule has 2 rings (SSSR count). The van der Waals surface area contributed by atoms with Gasteiger partial charge in [-0.05, 0) is 12.1 Å². The van der Waals surface area contributed by atoms with Crippen molar-refractivity contribution in [3.8, 4) is 5.75 Å². The minimum Gasteiger partial charge on any atom is -0.504 e. The highest BCUT2D eigenvalue weighted by Gasteiger charge is 2.36. The minimum absolute atomic E-state index is 0.0974. The van der Waals surface area contributed by atoms with Gasteiger partial charge in [-0.2, -0.15) is 13.2 Å². The van der Waals surface area contributed by atoms with E-state index in [-0.39, 0.29) is 31.0 Å². The third kappa shape index (κ3) is 3.86. The van der Waals surface area contributed by atoms with Crippen LogP contribution in [0.4, 0.5) is 18.9 Å². The van der Waals surface area contributed by atoms with Gasteiger partial charge in [0.05, 0.1) is 42.1 Å². The van der Waals surface area contributed by atoms with Crippen molar-refractivity contribution in [1.82, 2.24) is 4.90 Å². The molecule has 3 N–H and O–H groups in total. The van der Waals surface area contributed by atoms with Crippen molar-refractivity contribution in [2.24, 2.45) is 0 Å². The zero-order valence-electron chi connectivity index (χ0n) is 13.4. The Morgan fingerprint density at radius 2 is 2.08 bits per heavy atom. The molecule has 26 heavy (non-hydrogen) atoms. The number of ether oxygens (including phenoxy) is 1. The zero-order valence-corrected chi connectivity index (χ0v) is 14.1. The Morgan fingerprint density at radius 1 is 1.42 bits per heavy atom. The summed E-state index contributed by atoms with van der Waals surface area (Å²) >= 11 is 5.63. The van der Waals surface area contributed by atoms with E-state index in [9.17, 15) is 27.9 Å². The highest BCUT2D eigenvalue weighted by Crippen LogP contribution is 2.40. The molecule has 0 unspecified atom stereocenters. The number of hydrogen-bond donors (Lipinski definition) is 3. The summed E-state index contributed by atoms with van der Waals surface area (Å²) in [4.78, 5) is 25.3. The van der Waals surface area contributed by atoms with Gasteiger partial charge in [-0.25, -0.2) is 4.79 Å². The van der Waals surface area contributed by atoms with Crippen LogP contribution in [-0.4, -0.2) is 53.8 Å². The molecule has 0 fully saturated rings. The minimum atomic E-state index is -4.74. The molecule has 0 aromatic heterocycles. The number of nitrogens with zero attached hydrogens (tertiary/aromatic N) is 1. The first kappa shape index (κ1) is 19.9. The zero-order chi connectivity index (χ0) is 19.6. The molecule has 0 saturated heterocycles. The van der Waals surface area contributed by atoms with Gasteiger partial charge in [0.2, 0.25) is 0 Å². The first-order chi connectivity index (χ1) is 12.1. The Kier molecular flexibility index (Phi) is 5.67. The topological polar surface area (TPSA) is 99.1 Å². The van der Waals surface area contributed by atoms with Crippen LogP contribution in [-0.2, 0) is 20.5 Å². The number of aromatic hydroxyl groups is 1. The molecular weight excluding hydrogens is 381 g/mol. The third-order valence-electron chi connectivity index (χ3n) is 3.60. The molecule has 142 valence electrons. The summed E-state index contributed by atoms with van der Waals surface area (Å²) in [6.45, 7) is -0.685. The molecule has 1 aliphatic heterocycles. The van der Waals surface area contributed by atoms with Crippen molar-refractivity contribution in [3.05, 3.63) is 34.0 Å². The molecule has 1 heterocycles. The van der Waals surface area contributed by atoms with Gasteiger partial charge in [0.1, 0.15) is 5.70 Å². The second-order valence-electron chi connectivity index (χ2n) is 5.27. The molecule has 0 spiro atoms. The smallest absolute Gasteiger partial charge is 0.416 e. The molecule has 1 aromatic rings. The maximum absolute atomic E-state index is 12.9. The number of amides is 1. The first-order valence-corrected chi connectivity index (χ1v) is 7.56. The van der Waals surface area contributed by atoms with Crippen molar-refractivity contribution in [1.29, 1.82) is 0 Å². The van der Waals surface area contributed by atoms with Crippen molar-refractivity contribution >= 4 is 29.2 Å². The summed E-state index contributed by atoms with van der Waals surface area (Å²) in [5.41, 5.74) is -2.17. The molecule has 0 aliphatic carbocycles. The number of carbonyl (C=O) groups is 2. The van der Waals surface area contributed by atoms with Gasteiger partial charge >= 0.3 is 12.1 Å². The number of carbonyl (C=O) groups excluding carboxylic acids is 2. The SMILES string of the molecule is COC(=O)C1=C(Nc2cc(C(F)(F)F)cc(Cl)c2O)C(=O)N(CCO)C1. The predicted molar refractivity (Wildman–Crippen MR) is 84.4 cm³/mol. The fourth-order valence-corrected chi connectivity index (χ4v) is 2.56. The van der Waals surface area contributed by atoms with Gasteiger partial charge < -0.3 is 25.2 Å². The molecule has 1 aliphatic rings. The average Bonchev–Trinajstić information content (AvgIpc) is 2.87. The lowest BCUT2D eigenvalue weighted by Crippen LogP contribution is -2.31. The number of hydrogen-bond acceptors (Lipinski definition) is 6. The standard InChI is InChI=1S/C15H14ClF3N2O5/c1-26-14(25)8-6-21(2-3-22)13(24)11(8)20-10-5-7(15(17,18)19)4-9(16)12(10)23/h4-5,20,22-23H,2-3,6H2,1H3. The van der Waals surface area contributed by atoms with E-state index in [1.807, 2.05) is 0 Å². The van der Waals surface area contributed by atoms with E-state index in [2.05, 4.69) is 10.1 Å². The number of aliphatic hydroxyl groups is 1. The number of phenols is 1. The molecular formula is C15H14ClF3N2O5. The van der Waals surface area contributed by atoms with Gasteiger partial charge in [0.15, 0.2) is 5.75 Å². The van der Waals surface area contributed by atoms with Gasteiger partial charge in [-0.3, -0.25) is 4.79 Å². The first-order valence-electron chi connectivity index (χ1n) is 7.18. The summed E-state index contributed by atoms with van der Waals surface area (Å²) in [6.07, 6.45) is -4.74. The largest absolute Gasteiger partial charge is 0.504 e. The van der Waals surface area contributed by atoms with Crippen LogP contribution >= 0.6 is 11.6 Å². The van der Waals surface area contributed by atoms with E-state index in [0.717, 1.165) is 12.0 Å². The second kappa shape index (κ2) is 7.42. The number of β-amino-alcohol motifs (C(OH)–C–C–N with tert-alkyl or cyclic N) is 1. The maximum Gasteiger partial charge on any atom is 0.416 e. The second-order valence-corrected chi connectivity index (χ2v) is 5.68. The molecule has 0 radical (unpaired) electrons. The summed E-state index contributed by atoms with van der Waals surface area (Å²) in [5, 5.41) is 20.7. The van der Waals surface area contributed by atoms with E-state index in [0.29, 0.717) is 12.1 Å². The number of esters is 1. The Labute approximate surface area is 150 Å². The van der Waals surface area contributed by atoms with Crippen LogP contribution in [0.3, 0.4) is 0 Å². The molecule has 0 atom stereocenters. The van der Waals surface area contributed by atoms with Gasteiger partial charge in [0, 0.05) is 6.54 Å². The van der Waals surface area contributed by atoms with E-state index in [4.69, 9.17) is 16.7 Å². The normalized spacial score (nSPS) is 14.8. The molecule has 11 heteroatoms. The van der Waals surface area contributed by atoms with Crippen LogP contribution in [0, 0.1) is 0 Å². The average molecular weight is 395 g/mol. The summed E-state index contributed by atoms with van der Waals surface area (Å²) in [5.74, 6) is -2.34. The fourth-order valence-electron chi connectivity index (χ4n) is 2.34. The van der Waals surface area contributed by atoms with Gasteiger partial charge in [-0.1, -0.05) is 11.6 Å². The van der Waals surface area contributed by atoms with Crippen molar-refractivity contribution < 1.29 is 37.7 Å². The fraction of sp³-hybridized carbons (Fsp3) is 0.333. The number of phenolic OH excluding ortho intramolecular Hbond substituents is 1. The van der Waals surface area contributed by atoms with Crippen LogP contribution < -0.4 is 5.32 Å². The lowest BCUT2D eigenvalue weighted by atomic mass is 10.1. The number of rotatable bonds is 5. The van der Waals surface area contributed by atoms with Crippen LogP contribution in [0.1, 0.15) is 5.56 Å². The number of halogens is 4. The lowest BCUT2D eigenvalue weighted by Gasteiger charge is -2.16. The van der Waals surface area contributed by atoms with E-state index in [1.54, 1.807) is 0 Å².